The summed E-state index contributed by atoms with van der Waals surface area (Å²) in [5.41, 5.74) is 0.535. The van der Waals surface area contributed by atoms with Crippen molar-refractivity contribution in [3.63, 3.8) is 0 Å². The zero-order chi connectivity index (χ0) is 14.2. The summed E-state index contributed by atoms with van der Waals surface area (Å²) in [7, 11) is 0. The maximum atomic E-state index is 12.4. The molecule has 3 heteroatoms. The normalized spacial score (nSPS) is 35.3. The van der Waals surface area contributed by atoms with Crippen LogP contribution in [0, 0.1) is 22.7 Å². The van der Waals surface area contributed by atoms with Gasteiger partial charge >= 0.3 is 0 Å². The molecule has 104 valence electrons. The van der Waals surface area contributed by atoms with Crippen molar-refractivity contribution in [2.45, 2.75) is 44.6 Å². The molecule has 2 fully saturated rings. The van der Waals surface area contributed by atoms with E-state index in [9.17, 15) is 10.1 Å². The molecule has 1 aromatic carbocycles. The van der Waals surface area contributed by atoms with Gasteiger partial charge in [0.2, 0.25) is 5.91 Å². The molecular weight excluding hydrogens is 248 g/mol. The minimum absolute atomic E-state index is 0.0521. The van der Waals surface area contributed by atoms with Crippen molar-refractivity contribution >= 4 is 5.91 Å². The van der Waals surface area contributed by atoms with Gasteiger partial charge in [0, 0.05) is 12.0 Å². The second-order valence-electron chi connectivity index (χ2n) is 6.38. The van der Waals surface area contributed by atoms with Crippen molar-refractivity contribution in [2.75, 3.05) is 0 Å². The molecule has 1 aromatic rings. The molecule has 3 rings (SSSR count). The van der Waals surface area contributed by atoms with Gasteiger partial charge in [-0.1, -0.05) is 37.3 Å². The largest absolute Gasteiger partial charge is 0.351 e. The highest BCUT2D eigenvalue weighted by Crippen LogP contribution is 2.46. The van der Waals surface area contributed by atoms with E-state index in [0.29, 0.717) is 24.7 Å². The van der Waals surface area contributed by atoms with Gasteiger partial charge in [0.05, 0.1) is 6.07 Å². The fourth-order valence-corrected chi connectivity index (χ4v) is 3.54. The fourth-order valence-electron chi connectivity index (χ4n) is 3.54. The Bertz CT molecular complexity index is 540. The first-order valence-corrected chi connectivity index (χ1v) is 7.42. The Kier molecular flexibility index (Phi) is 3.25. The molecule has 0 bridgehead atoms. The summed E-state index contributed by atoms with van der Waals surface area (Å²) in [4.78, 5) is 12.4. The van der Waals surface area contributed by atoms with Crippen LogP contribution in [-0.4, -0.2) is 11.9 Å². The van der Waals surface area contributed by atoms with Gasteiger partial charge in [-0.3, -0.25) is 4.79 Å². The van der Waals surface area contributed by atoms with Crippen molar-refractivity contribution in [3.05, 3.63) is 35.9 Å². The SMILES string of the molecule is CC1CC(C#N)(C(=O)N[C@@H]2CC[C@@H]2c2ccccc2)C1. The number of hydrogen-bond donors (Lipinski definition) is 1. The number of benzene rings is 1. The highest BCUT2D eigenvalue weighted by molar-refractivity contribution is 5.87. The molecule has 3 nitrogen and oxygen atoms in total. The van der Waals surface area contributed by atoms with Crippen LogP contribution >= 0.6 is 0 Å². The van der Waals surface area contributed by atoms with Crippen LogP contribution in [0.1, 0.15) is 44.1 Å². The predicted octanol–water partition coefficient (Wildman–Crippen LogP) is 2.99. The monoisotopic (exact) mass is 268 g/mol. The predicted molar refractivity (Wildman–Crippen MR) is 76.8 cm³/mol. The average Bonchev–Trinajstić information content (AvgIpc) is 2.40. The average molecular weight is 268 g/mol. The molecule has 0 saturated heterocycles. The van der Waals surface area contributed by atoms with Crippen LogP contribution in [0.3, 0.4) is 0 Å². The minimum Gasteiger partial charge on any atom is -0.351 e. The summed E-state index contributed by atoms with van der Waals surface area (Å²) in [6.45, 7) is 2.10. The molecular formula is C17H20N2O. The Hall–Kier alpha value is -1.82. The Morgan fingerprint density at radius 2 is 2.00 bits per heavy atom. The lowest BCUT2D eigenvalue weighted by Crippen LogP contribution is -2.54. The summed E-state index contributed by atoms with van der Waals surface area (Å²) in [5.74, 6) is 0.851. The lowest BCUT2D eigenvalue weighted by molar-refractivity contribution is -0.135. The number of hydrogen-bond acceptors (Lipinski definition) is 2. The molecule has 1 N–H and O–H groups in total. The van der Waals surface area contributed by atoms with E-state index >= 15 is 0 Å². The topological polar surface area (TPSA) is 52.9 Å². The van der Waals surface area contributed by atoms with E-state index in [1.54, 1.807) is 0 Å². The number of amides is 1. The molecule has 1 amide bonds. The van der Waals surface area contributed by atoms with Gasteiger partial charge < -0.3 is 5.32 Å². The van der Waals surface area contributed by atoms with Crippen LogP contribution in [-0.2, 0) is 4.79 Å². The number of nitrogens with zero attached hydrogens (tertiary/aromatic N) is 1. The molecule has 20 heavy (non-hydrogen) atoms. The van der Waals surface area contributed by atoms with Crippen molar-refractivity contribution in [3.8, 4) is 6.07 Å². The molecule has 0 radical (unpaired) electrons. The van der Waals surface area contributed by atoms with E-state index < -0.39 is 5.41 Å². The fraction of sp³-hybridized carbons (Fsp3) is 0.529. The van der Waals surface area contributed by atoms with E-state index in [4.69, 9.17) is 0 Å². The summed E-state index contributed by atoms with van der Waals surface area (Å²) < 4.78 is 0. The third-order valence-corrected chi connectivity index (χ3v) is 4.86. The van der Waals surface area contributed by atoms with Gasteiger partial charge in [0.15, 0.2) is 0 Å². The number of carbonyl (C=O) groups excluding carboxylic acids is 1. The maximum Gasteiger partial charge on any atom is 0.240 e. The Morgan fingerprint density at radius 1 is 1.30 bits per heavy atom. The molecule has 2 aliphatic rings. The van der Waals surface area contributed by atoms with Crippen LogP contribution in [0.4, 0.5) is 0 Å². The molecule has 0 unspecified atom stereocenters. The first-order valence-electron chi connectivity index (χ1n) is 7.42. The second kappa shape index (κ2) is 4.94. The number of nitrogens with one attached hydrogen (secondary N) is 1. The maximum absolute atomic E-state index is 12.4. The van der Waals surface area contributed by atoms with Gasteiger partial charge in [-0.05, 0) is 37.2 Å². The summed E-state index contributed by atoms with van der Waals surface area (Å²) >= 11 is 0. The number of carbonyl (C=O) groups is 1. The number of rotatable bonds is 3. The van der Waals surface area contributed by atoms with Gasteiger partial charge in [-0.25, -0.2) is 0 Å². The summed E-state index contributed by atoms with van der Waals surface area (Å²) in [6, 6.07) is 12.8. The Morgan fingerprint density at radius 3 is 2.50 bits per heavy atom. The number of nitriles is 1. The molecule has 2 aliphatic carbocycles. The molecule has 2 atom stereocenters. The van der Waals surface area contributed by atoms with Crippen LogP contribution < -0.4 is 5.32 Å². The van der Waals surface area contributed by atoms with E-state index in [1.807, 2.05) is 18.2 Å². The Labute approximate surface area is 120 Å². The van der Waals surface area contributed by atoms with Gasteiger partial charge in [-0.15, -0.1) is 0 Å². The smallest absolute Gasteiger partial charge is 0.240 e. The molecule has 0 heterocycles. The van der Waals surface area contributed by atoms with Crippen molar-refractivity contribution in [1.82, 2.24) is 5.32 Å². The quantitative estimate of drug-likeness (QED) is 0.916. The molecule has 2 saturated carbocycles. The van der Waals surface area contributed by atoms with Gasteiger partial charge in [0.25, 0.3) is 0 Å². The highest BCUT2D eigenvalue weighted by Gasteiger charge is 2.50. The molecule has 0 aromatic heterocycles. The first-order chi connectivity index (χ1) is 9.64. The van der Waals surface area contributed by atoms with Gasteiger partial charge in [0.1, 0.15) is 5.41 Å². The lowest BCUT2D eigenvalue weighted by atomic mass is 9.62. The van der Waals surface area contributed by atoms with Gasteiger partial charge in [-0.2, -0.15) is 5.26 Å². The van der Waals surface area contributed by atoms with Crippen LogP contribution in [0.15, 0.2) is 30.3 Å². The molecule has 0 spiro atoms. The highest BCUT2D eigenvalue weighted by atomic mass is 16.2. The van der Waals surface area contributed by atoms with E-state index in [2.05, 4.69) is 30.4 Å². The van der Waals surface area contributed by atoms with Crippen LogP contribution in [0.25, 0.3) is 0 Å². The minimum atomic E-state index is -0.754. The zero-order valence-corrected chi connectivity index (χ0v) is 11.8. The van der Waals surface area contributed by atoms with E-state index in [1.165, 1.54) is 5.56 Å². The van der Waals surface area contributed by atoms with Crippen LogP contribution in [0.5, 0.6) is 0 Å². The van der Waals surface area contributed by atoms with Crippen LogP contribution in [0.2, 0.25) is 0 Å². The zero-order valence-electron chi connectivity index (χ0n) is 11.8. The molecule has 0 aliphatic heterocycles. The second-order valence-corrected chi connectivity index (χ2v) is 6.38. The van der Waals surface area contributed by atoms with Crippen molar-refractivity contribution in [2.24, 2.45) is 11.3 Å². The van der Waals surface area contributed by atoms with E-state index in [0.717, 1.165) is 12.8 Å². The Balaban J connectivity index is 1.64. The summed E-state index contributed by atoms with van der Waals surface area (Å²) in [5, 5.41) is 12.4. The first kappa shape index (κ1) is 13.2. The third-order valence-electron chi connectivity index (χ3n) is 4.86. The third kappa shape index (κ3) is 2.10. The summed E-state index contributed by atoms with van der Waals surface area (Å²) in [6.07, 6.45) is 3.55. The van der Waals surface area contributed by atoms with Crippen molar-refractivity contribution in [1.29, 1.82) is 5.26 Å². The standard InChI is InChI=1S/C17H20N2O/c1-12-9-17(10-12,11-18)16(20)19-15-8-7-14(15)13-5-3-2-4-6-13/h2-6,12,14-15H,7-10H2,1H3,(H,19,20)/t12?,14-,15-,17?/m1/s1. The van der Waals surface area contributed by atoms with E-state index in [-0.39, 0.29) is 11.9 Å². The van der Waals surface area contributed by atoms with Crippen molar-refractivity contribution < 1.29 is 4.79 Å². The lowest BCUT2D eigenvalue weighted by Gasteiger charge is -2.43.